The van der Waals surface area contributed by atoms with Gasteiger partial charge in [0.1, 0.15) is 4.99 Å². The third-order valence-electron chi connectivity index (χ3n) is 5.07. The molecule has 2 fully saturated rings. The molecule has 1 aliphatic heterocycles. The molecule has 1 saturated heterocycles. The highest BCUT2D eigenvalue weighted by molar-refractivity contribution is 7.80. The number of rotatable bonds is 3. The monoisotopic (exact) mass is 322 g/mol. The van der Waals surface area contributed by atoms with E-state index in [0.717, 1.165) is 29.1 Å². The number of hydrogen-bond acceptors (Lipinski definition) is 2. The molecule has 1 aliphatic carbocycles. The highest BCUT2D eigenvalue weighted by atomic mass is 35.5. The van der Waals surface area contributed by atoms with E-state index >= 15 is 0 Å². The first kappa shape index (κ1) is 15.3. The summed E-state index contributed by atoms with van der Waals surface area (Å²) >= 11 is 11.4. The van der Waals surface area contributed by atoms with E-state index in [4.69, 9.17) is 29.6 Å². The third-order valence-corrected chi connectivity index (χ3v) is 5.66. The molecular formula is C17H23ClN2S. The second-order valence-corrected chi connectivity index (χ2v) is 7.24. The van der Waals surface area contributed by atoms with Crippen LogP contribution in [0.3, 0.4) is 0 Å². The molecule has 0 aromatic heterocycles. The van der Waals surface area contributed by atoms with Crippen LogP contribution in [0.1, 0.15) is 49.7 Å². The van der Waals surface area contributed by atoms with Crippen LogP contribution in [-0.2, 0) is 6.54 Å². The first-order valence-corrected chi connectivity index (χ1v) is 8.76. The van der Waals surface area contributed by atoms with Gasteiger partial charge in [0.2, 0.25) is 0 Å². The Labute approximate surface area is 137 Å². The fourth-order valence-electron chi connectivity index (χ4n) is 3.97. The van der Waals surface area contributed by atoms with Crippen LogP contribution in [0.5, 0.6) is 0 Å². The van der Waals surface area contributed by atoms with E-state index in [1.54, 1.807) is 0 Å². The molecule has 0 radical (unpaired) electrons. The summed E-state index contributed by atoms with van der Waals surface area (Å²) in [6.07, 6.45) is 8.30. The van der Waals surface area contributed by atoms with Gasteiger partial charge in [-0.05, 0) is 49.8 Å². The van der Waals surface area contributed by atoms with Crippen molar-refractivity contribution < 1.29 is 0 Å². The molecule has 1 aromatic carbocycles. The predicted octanol–water partition coefficient (Wildman–Crippen LogP) is 4.13. The first-order valence-electron chi connectivity index (χ1n) is 7.97. The van der Waals surface area contributed by atoms with Crippen molar-refractivity contribution in [1.82, 2.24) is 4.90 Å². The van der Waals surface area contributed by atoms with Crippen molar-refractivity contribution in [1.29, 1.82) is 0 Å². The maximum atomic E-state index is 6.43. The Morgan fingerprint density at radius 1 is 1.24 bits per heavy atom. The zero-order valence-electron chi connectivity index (χ0n) is 12.4. The molecule has 2 N–H and O–H groups in total. The largest absolute Gasteiger partial charge is 0.389 e. The van der Waals surface area contributed by atoms with E-state index in [1.807, 2.05) is 12.1 Å². The van der Waals surface area contributed by atoms with Gasteiger partial charge in [-0.15, -0.1) is 0 Å². The number of piperidine rings is 1. The first-order chi connectivity index (χ1) is 10.1. The minimum absolute atomic E-state index is 0.411. The number of hydrogen-bond donors (Lipinski definition) is 1. The maximum absolute atomic E-state index is 6.43. The van der Waals surface area contributed by atoms with E-state index in [1.165, 1.54) is 50.6 Å². The predicted molar refractivity (Wildman–Crippen MR) is 92.7 cm³/mol. The highest BCUT2D eigenvalue weighted by Gasteiger charge is 2.33. The third kappa shape index (κ3) is 3.41. The molecule has 2 atom stereocenters. The van der Waals surface area contributed by atoms with E-state index in [9.17, 15) is 0 Å². The van der Waals surface area contributed by atoms with Crippen LogP contribution in [0.2, 0.25) is 5.02 Å². The number of nitrogens with two attached hydrogens (primary N) is 1. The summed E-state index contributed by atoms with van der Waals surface area (Å²) in [5.41, 5.74) is 7.72. The Morgan fingerprint density at radius 2 is 2.00 bits per heavy atom. The number of fused-ring (bicyclic) bond motifs is 1. The molecule has 1 aromatic rings. The van der Waals surface area contributed by atoms with Crippen molar-refractivity contribution in [2.45, 2.75) is 51.1 Å². The van der Waals surface area contributed by atoms with Gasteiger partial charge in [0, 0.05) is 23.2 Å². The summed E-state index contributed by atoms with van der Waals surface area (Å²) in [6, 6.07) is 6.75. The molecule has 114 valence electrons. The van der Waals surface area contributed by atoms with Crippen molar-refractivity contribution in [2.75, 3.05) is 6.54 Å². The standard InChI is InChI=1S/C17H23ClN2S/c18-15-10-13(17(19)21)7-8-14(15)11-20-9-3-5-12-4-1-2-6-16(12)20/h7-8,10,12,16H,1-6,9,11H2,(H2,19,21)/t12-,16-/m1/s1. The average molecular weight is 323 g/mol. The van der Waals surface area contributed by atoms with Crippen LogP contribution in [0.25, 0.3) is 0 Å². The van der Waals surface area contributed by atoms with Crippen molar-refractivity contribution in [3.63, 3.8) is 0 Å². The summed E-state index contributed by atoms with van der Waals surface area (Å²) in [7, 11) is 0. The molecule has 0 bridgehead atoms. The Balaban J connectivity index is 1.74. The summed E-state index contributed by atoms with van der Waals surface area (Å²) in [6.45, 7) is 2.16. The van der Waals surface area contributed by atoms with Gasteiger partial charge in [0.15, 0.2) is 0 Å². The summed E-state index contributed by atoms with van der Waals surface area (Å²) in [5.74, 6) is 0.905. The van der Waals surface area contributed by atoms with E-state index in [0.29, 0.717) is 4.99 Å². The molecule has 4 heteroatoms. The van der Waals surface area contributed by atoms with Crippen LogP contribution in [0, 0.1) is 5.92 Å². The van der Waals surface area contributed by atoms with E-state index in [2.05, 4.69) is 11.0 Å². The number of nitrogens with zero attached hydrogens (tertiary/aromatic N) is 1. The molecule has 0 spiro atoms. The quantitative estimate of drug-likeness (QED) is 0.848. The van der Waals surface area contributed by atoms with Crippen LogP contribution in [-0.4, -0.2) is 22.5 Å². The highest BCUT2D eigenvalue weighted by Crippen LogP contribution is 2.36. The van der Waals surface area contributed by atoms with Gasteiger partial charge < -0.3 is 5.73 Å². The number of likely N-dealkylation sites (tertiary alicyclic amines) is 1. The van der Waals surface area contributed by atoms with Crippen LogP contribution in [0.4, 0.5) is 0 Å². The molecule has 3 rings (SSSR count). The minimum atomic E-state index is 0.411. The Kier molecular flexibility index (Phi) is 4.82. The van der Waals surface area contributed by atoms with Crippen molar-refractivity contribution in [2.24, 2.45) is 11.7 Å². The second-order valence-electron chi connectivity index (χ2n) is 6.40. The number of halogens is 1. The van der Waals surface area contributed by atoms with Crippen molar-refractivity contribution >= 4 is 28.8 Å². The Hall–Kier alpha value is -0.640. The zero-order chi connectivity index (χ0) is 14.8. The van der Waals surface area contributed by atoms with Gasteiger partial charge in [-0.3, -0.25) is 4.90 Å². The lowest BCUT2D eigenvalue weighted by Crippen LogP contribution is -2.46. The van der Waals surface area contributed by atoms with Gasteiger partial charge in [-0.25, -0.2) is 0 Å². The Morgan fingerprint density at radius 3 is 2.76 bits per heavy atom. The molecular weight excluding hydrogens is 300 g/mol. The topological polar surface area (TPSA) is 29.3 Å². The average Bonchev–Trinajstić information content (AvgIpc) is 2.49. The maximum Gasteiger partial charge on any atom is 0.104 e. The Bertz CT molecular complexity index is 530. The summed E-state index contributed by atoms with van der Waals surface area (Å²) in [4.78, 5) is 3.06. The molecule has 2 aliphatic rings. The summed E-state index contributed by atoms with van der Waals surface area (Å²) < 4.78 is 0. The fraction of sp³-hybridized carbons (Fsp3) is 0.588. The van der Waals surface area contributed by atoms with E-state index in [-0.39, 0.29) is 0 Å². The van der Waals surface area contributed by atoms with Gasteiger partial charge in [-0.2, -0.15) is 0 Å². The fourth-order valence-corrected chi connectivity index (χ4v) is 4.34. The van der Waals surface area contributed by atoms with Gasteiger partial charge in [0.25, 0.3) is 0 Å². The molecule has 1 heterocycles. The number of thiocarbonyl (C=S) groups is 1. The SMILES string of the molecule is NC(=S)c1ccc(CN2CCC[C@H]3CCCC[C@H]32)c(Cl)c1. The second kappa shape index (κ2) is 6.64. The van der Waals surface area contributed by atoms with Gasteiger partial charge in [-0.1, -0.05) is 48.8 Å². The molecule has 0 amide bonds. The van der Waals surface area contributed by atoms with Gasteiger partial charge in [0.05, 0.1) is 0 Å². The molecule has 2 nitrogen and oxygen atoms in total. The lowest BCUT2D eigenvalue weighted by molar-refractivity contribution is 0.0547. The minimum Gasteiger partial charge on any atom is -0.389 e. The molecule has 21 heavy (non-hydrogen) atoms. The van der Waals surface area contributed by atoms with Crippen LogP contribution >= 0.6 is 23.8 Å². The molecule has 1 saturated carbocycles. The zero-order valence-corrected chi connectivity index (χ0v) is 13.9. The number of benzene rings is 1. The van der Waals surface area contributed by atoms with E-state index < -0.39 is 0 Å². The summed E-state index contributed by atoms with van der Waals surface area (Å²) in [5, 5.41) is 0.790. The van der Waals surface area contributed by atoms with Crippen molar-refractivity contribution in [3.05, 3.63) is 34.3 Å². The van der Waals surface area contributed by atoms with Crippen LogP contribution < -0.4 is 5.73 Å². The van der Waals surface area contributed by atoms with Gasteiger partial charge >= 0.3 is 0 Å². The lowest BCUT2D eigenvalue weighted by Gasteiger charge is -2.44. The lowest BCUT2D eigenvalue weighted by atomic mass is 9.78. The smallest absolute Gasteiger partial charge is 0.104 e. The van der Waals surface area contributed by atoms with Crippen molar-refractivity contribution in [3.8, 4) is 0 Å². The van der Waals surface area contributed by atoms with Crippen LogP contribution in [0.15, 0.2) is 18.2 Å². The normalized spacial score (nSPS) is 26.3. The molecule has 0 unspecified atom stereocenters.